The van der Waals surface area contributed by atoms with Crippen LogP contribution in [0.1, 0.15) is 5.56 Å². The summed E-state index contributed by atoms with van der Waals surface area (Å²) in [5, 5.41) is 20.3. The molecule has 0 unspecified atom stereocenters. The summed E-state index contributed by atoms with van der Waals surface area (Å²) < 4.78 is 19.9. The van der Waals surface area contributed by atoms with E-state index in [9.17, 15) is 19.2 Å². The van der Waals surface area contributed by atoms with Gasteiger partial charge in [-0.2, -0.15) is 5.26 Å². The molecule has 0 saturated heterocycles. The smallest absolute Gasteiger partial charge is 0.341 e. The van der Waals surface area contributed by atoms with Crippen molar-refractivity contribution in [3.05, 3.63) is 61.4 Å². The number of carbonyl (C=O) groups excluding carboxylic acids is 1. The van der Waals surface area contributed by atoms with Gasteiger partial charge >= 0.3 is 5.97 Å². The summed E-state index contributed by atoms with van der Waals surface area (Å²) in [6, 6.07) is 10.6. The first-order chi connectivity index (χ1) is 12.8. The first kappa shape index (κ1) is 20.9. The van der Waals surface area contributed by atoms with Gasteiger partial charge < -0.3 is 15.2 Å². The molecule has 0 radical (unpaired) electrons. The van der Waals surface area contributed by atoms with Crippen molar-refractivity contribution in [1.29, 1.82) is 5.26 Å². The second-order valence-corrected chi connectivity index (χ2v) is 7.12. The number of hydrogen-bond acceptors (Lipinski definition) is 4. The van der Waals surface area contributed by atoms with E-state index < -0.39 is 24.3 Å². The van der Waals surface area contributed by atoms with Crippen molar-refractivity contribution in [2.24, 2.45) is 0 Å². The van der Waals surface area contributed by atoms with Crippen LogP contribution in [0.25, 0.3) is 6.08 Å². The second kappa shape index (κ2) is 9.48. The number of ether oxygens (including phenoxy) is 1. The van der Waals surface area contributed by atoms with Gasteiger partial charge in [0, 0.05) is 0 Å². The summed E-state index contributed by atoms with van der Waals surface area (Å²) in [6.45, 7) is -0.502. The highest BCUT2D eigenvalue weighted by atomic mass is 127. The molecule has 138 valence electrons. The molecule has 0 spiro atoms. The first-order valence-electron chi connectivity index (χ1n) is 7.33. The molecule has 0 aliphatic heterocycles. The van der Waals surface area contributed by atoms with E-state index in [1.807, 2.05) is 22.6 Å². The highest BCUT2D eigenvalue weighted by molar-refractivity contribution is 14.1. The molecule has 0 saturated carbocycles. The molecule has 2 aromatic rings. The monoisotopic (exact) mass is 544 g/mol. The SMILES string of the molecule is N#C/C(=C/c1cc(Br)c(OCC(=O)O)c(I)c1)C(=O)Nc1ccccc1F. The predicted molar refractivity (Wildman–Crippen MR) is 109 cm³/mol. The average Bonchev–Trinajstić information content (AvgIpc) is 2.60. The summed E-state index contributed by atoms with van der Waals surface area (Å²) in [6.07, 6.45) is 1.34. The Morgan fingerprint density at radius 2 is 2.07 bits per heavy atom. The lowest BCUT2D eigenvalue weighted by Gasteiger charge is -2.10. The maximum absolute atomic E-state index is 13.6. The van der Waals surface area contributed by atoms with Gasteiger partial charge in [0.1, 0.15) is 23.2 Å². The number of hydrogen-bond donors (Lipinski definition) is 2. The minimum atomic E-state index is -1.11. The molecule has 0 bridgehead atoms. The van der Waals surface area contributed by atoms with Crippen LogP contribution in [0.5, 0.6) is 5.75 Å². The van der Waals surface area contributed by atoms with Crippen LogP contribution in [-0.4, -0.2) is 23.6 Å². The molecule has 0 atom stereocenters. The summed E-state index contributed by atoms with van der Waals surface area (Å²) in [5.74, 6) is -2.14. The fourth-order valence-electron chi connectivity index (χ4n) is 2.00. The Hall–Kier alpha value is -2.45. The van der Waals surface area contributed by atoms with Crippen molar-refractivity contribution < 1.29 is 23.8 Å². The normalized spacial score (nSPS) is 10.8. The summed E-state index contributed by atoms with van der Waals surface area (Å²) in [4.78, 5) is 22.9. The van der Waals surface area contributed by atoms with Gasteiger partial charge in [0.05, 0.1) is 13.7 Å². The Morgan fingerprint density at radius 1 is 1.37 bits per heavy atom. The standard InChI is InChI=1S/C18H11BrFIN2O4/c19-12-6-10(7-14(21)17(12)27-9-16(24)25)5-11(8-22)18(26)23-15-4-2-1-3-13(15)20/h1-7H,9H2,(H,23,26)(H,24,25)/b11-5-. The molecule has 0 heterocycles. The Bertz CT molecular complexity index is 949. The number of nitrogens with zero attached hydrogens (tertiary/aromatic N) is 1. The Balaban J connectivity index is 2.27. The van der Waals surface area contributed by atoms with Crippen molar-refractivity contribution >= 4 is 62.2 Å². The van der Waals surface area contributed by atoms with E-state index in [1.165, 1.54) is 24.3 Å². The maximum atomic E-state index is 13.6. The zero-order chi connectivity index (χ0) is 20.0. The van der Waals surface area contributed by atoms with Crippen LogP contribution in [0, 0.1) is 20.7 Å². The van der Waals surface area contributed by atoms with Gasteiger partial charge in [-0.25, -0.2) is 9.18 Å². The van der Waals surface area contributed by atoms with Gasteiger partial charge in [0.15, 0.2) is 6.61 Å². The molecule has 2 N–H and O–H groups in total. The van der Waals surface area contributed by atoms with E-state index in [0.29, 0.717) is 19.4 Å². The minimum absolute atomic E-state index is 0.0307. The number of anilines is 1. The third-order valence-electron chi connectivity index (χ3n) is 3.16. The zero-order valence-electron chi connectivity index (χ0n) is 13.5. The van der Waals surface area contributed by atoms with Gasteiger partial charge in [0.25, 0.3) is 5.91 Å². The van der Waals surface area contributed by atoms with E-state index >= 15 is 0 Å². The summed E-state index contributed by atoms with van der Waals surface area (Å²) in [5.41, 5.74) is 0.256. The Morgan fingerprint density at radius 3 is 2.67 bits per heavy atom. The Labute approximate surface area is 175 Å². The number of benzene rings is 2. The fraction of sp³-hybridized carbons (Fsp3) is 0.0556. The van der Waals surface area contributed by atoms with Gasteiger partial charge in [0.2, 0.25) is 0 Å². The molecular weight excluding hydrogens is 534 g/mol. The highest BCUT2D eigenvalue weighted by Crippen LogP contribution is 2.32. The highest BCUT2D eigenvalue weighted by Gasteiger charge is 2.14. The number of carboxylic acids is 1. The number of carboxylic acid groups (broad SMARTS) is 1. The number of carbonyl (C=O) groups is 2. The van der Waals surface area contributed by atoms with E-state index in [0.717, 1.165) is 0 Å². The van der Waals surface area contributed by atoms with Crippen molar-refractivity contribution in [3.63, 3.8) is 0 Å². The van der Waals surface area contributed by atoms with E-state index in [4.69, 9.17) is 9.84 Å². The van der Waals surface area contributed by atoms with Crippen LogP contribution in [0.15, 0.2) is 46.4 Å². The molecule has 9 heteroatoms. The topological polar surface area (TPSA) is 99.4 Å². The van der Waals surface area contributed by atoms with Crippen LogP contribution >= 0.6 is 38.5 Å². The van der Waals surface area contributed by atoms with Crippen molar-refractivity contribution in [2.75, 3.05) is 11.9 Å². The zero-order valence-corrected chi connectivity index (χ0v) is 17.2. The molecule has 27 heavy (non-hydrogen) atoms. The lowest BCUT2D eigenvalue weighted by Crippen LogP contribution is -2.14. The molecular formula is C18H11BrFIN2O4. The number of para-hydroxylation sites is 1. The van der Waals surface area contributed by atoms with Gasteiger partial charge in [-0.3, -0.25) is 4.79 Å². The van der Waals surface area contributed by atoms with Crippen molar-refractivity contribution in [2.45, 2.75) is 0 Å². The molecule has 0 fully saturated rings. The first-order valence-corrected chi connectivity index (χ1v) is 9.20. The largest absolute Gasteiger partial charge is 0.480 e. The maximum Gasteiger partial charge on any atom is 0.341 e. The van der Waals surface area contributed by atoms with E-state index in [1.54, 1.807) is 24.3 Å². The molecule has 1 amide bonds. The van der Waals surface area contributed by atoms with E-state index in [-0.39, 0.29) is 11.3 Å². The lowest BCUT2D eigenvalue weighted by molar-refractivity contribution is -0.139. The van der Waals surface area contributed by atoms with Gasteiger partial charge in [-0.1, -0.05) is 12.1 Å². The fourth-order valence-corrected chi connectivity index (χ4v) is 3.77. The minimum Gasteiger partial charge on any atom is -0.480 e. The molecule has 2 rings (SSSR count). The molecule has 0 aliphatic carbocycles. The molecule has 6 nitrogen and oxygen atoms in total. The van der Waals surface area contributed by atoms with Crippen LogP contribution in [0.3, 0.4) is 0 Å². The van der Waals surface area contributed by atoms with Crippen LogP contribution < -0.4 is 10.1 Å². The van der Waals surface area contributed by atoms with Crippen molar-refractivity contribution in [1.82, 2.24) is 0 Å². The predicted octanol–water partition coefficient (Wildman–Crippen LogP) is 4.20. The number of aliphatic carboxylic acids is 1. The molecule has 2 aromatic carbocycles. The van der Waals surface area contributed by atoms with Crippen LogP contribution in [0.4, 0.5) is 10.1 Å². The van der Waals surface area contributed by atoms with Crippen molar-refractivity contribution in [3.8, 4) is 11.8 Å². The van der Waals surface area contributed by atoms with Gasteiger partial charge in [-0.05, 0) is 74.4 Å². The number of halogens is 3. The number of rotatable bonds is 6. The van der Waals surface area contributed by atoms with E-state index in [2.05, 4.69) is 21.2 Å². The lowest BCUT2D eigenvalue weighted by atomic mass is 10.1. The Kier molecular flexibility index (Phi) is 7.32. The summed E-state index contributed by atoms with van der Waals surface area (Å²) >= 11 is 5.22. The summed E-state index contributed by atoms with van der Waals surface area (Å²) in [7, 11) is 0. The number of nitrogens with one attached hydrogen (secondary N) is 1. The quantitative estimate of drug-likeness (QED) is 0.322. The second-order valence-electron chi connectivity index (χ2n) is 5.10. The third-order valence-corrected chi connectivity index (χ3v) is 4.55. The molecule has 0 aliphatic rings. The van der Waals surface area contributed by atoms with Crippen LogP contribution in [0.2, 0.25) is 0 Å². The number of nitriles is 1. The number of amides is 1. The van der Waals surface area contributed by atoms with Crippen LogP contribution in [-0.2, 0) is 9.59 Å². The van der Waals surface area contributed by atoms with Gasteiger partial charge in [-0.15, -0.1) is 0 Å². The molecule has 0 aromatic heterocycles. The third kappa shape index (κ3) is 5.77. The average molecular weight is 545 g/mol.